The third-order valence-electron chi connectivity index (χ3n) is 5.77. The van der Waals surface area contributed by atoms with E-state index in [1.165, 1.54) is 13.0 Å². The number of rotatable bonds is 6. The molecule has 186 valence electrons. The van der Waals surface area contributed by atoms with E-state index < -0.39 is 29.1 Å². The van der Waals surface area contributed by atoms with Crippen LogP contribution < -0.4 is 15.5 Å². The van der Waals surface area contributed by atoms with Crippen molar-refractivity contribution < 1.29 is 24.6 Å². The zero-order valence-electron chi connectivity index (χ0n) is 19.5. The third kappa shape index (κ3) is 4.99. The quantitative estimate of drug-likeness (QED) is 0.190. The van der Waals surface area contributed by atoms with Crippen LogP contribution in [-0.4, -0.2) is 76.3 Å². The summed E-state index contributed by atoms with van der Waals surface area (Å²) in [5, 5.41) is 40.6. The van der Waals surface area contributed by atoms with Crippen molar-refractivity contribution in [2.24, 2.45) is 0 Å². The van der Waals surface area contributed by atoms with Crippen molar-refractivity contribution in [2.45, 2.75) is 6.92 Å². The first-order chi connectivity index (χ1) is 17.2. The Balaban J connectivity index is 1.67. The third-order valence-corrected chi connectivity index (χ3v) is 6.78. The Kier molecular flexibility index (Phi) is 6.91. The second kappa shape index (κ2) is 10.1. The summed E-state index contributed by atoms with van der Waals surface area (Å²) < 4.78 is 0. The number of fused-ring (bicyclic) bond motifs is 1. The van der Waals surface area contributed by atoms with Crippen LogP contribution in [0.5, 0.6) is 0 Å². The van der Waals surface area contributed by atoms with Crippen LogP contribution in [0, 0.1) is 11.3 Å². The zero-order valence-corrected chi connectivity index (χ0v) is 20.3. The number of aromatic carboxylic acids is 1. The molecule has 1 aromatic carbocycles. The van der Waals surface area contributed by atoms with Gasteiger partial charge in [-0.05, 0) is 38.2 Å². The molecule has 0 aliphatic carbocycles. The lowest BCUT2D eigenvalue weighted by Gasteiger charge is -2.34. The number of likely N-dealkylation sites (N-methyl/N-ethyl adjacent to an activating group) is 1. The van der Waals surface area contributed by atoms with Gasteiger partial charge in [-0.15, -0.1) is 11.3 Å². The van der Waals surface area contributed by atoms with Crippen molar-refractivity contribution in [3.05, 3.63) is 46.0 Å². The average molecular weight is 510 g/mol. The fraction of sp³-hybridized carbons (Fsp3) is 0.261. The van der Waals surface area contributed by atoms with Gasteiger partial charge in [-0.2, -0.15) is 10.4 Å². The zero-order chi connectivity index (χ0) is 26.0. The van der Waals surface area contributed by atoms with Gasteiger partial charge in [0.15, 0.2) is 5.57 Å². The summed E-state index contributed by atoms with van der Waals surface area (Å²) in [6.07, 6.45) is 0. The van der Waals surface area contributed by atoms with Crippen LogP contribution in [0.15, 0.2) is 35.6 Å². The number of anilines is 3. The molecule has 12 nitrogen and oxygen atoms in total. The predicted octanol–water partition coefficient (Wildman–Crippen LogP) is 2.62. The van der Waals surface area contributed by atoms with E-state index in [-0.39, 0.29) is 21.9 Å². The molecule has 0 saturated carbocycles. The van der Waals surface area contributed by atoms with Gasteiger partial charge < -0.3 is 30.6 Å². The Morgan fingerprint density at radius 3 is 2.50 bits per heavy atom. The Morgan fingerprint density at radius 2 is 1.86 bits per heavy atom. The van der Waals surface area contributed by atoms with Gasteiger partial charge in [0.25, 0.3) is 11.8 Å². The van der Waals surface area contributed by atoms with Crippen molar-refractivity contribution in [3.8, 4) is 6.07 Å². The highest BCUT2D eigenvalue weighted by Crippen LogP contribution is 2.31. The number of benzene rings is 1. The molecule has 5 N–H and O–H groups in total. The molecule has 0 spiro atoms. The number of thiophene rings is 1. The monoisotopic (exact) mass is 509 g/mol. The van der Waals surface area contributed by atoms with E-state index in [2.05, 4.69) is 30.6 Å². The summed E-state index contributed by atoms with van der Waals surface area (Å²) in [7, 11) is 2.03. The molecule has 2 aromatic heterocycles. The number of aromatic nitrogens is 2. The minimum atomic E-state index is -1.10. The van der Waals surface area contributed by atoms with Crippen LogP contribution in [0.3, 0.4) is 0 Å². The molecule has 0 radical (unpaired) electrons. The number of aliphatic hydroxyl groups excluding tert-OH is 1. The van der Waals surface area contributed by atoms with Crippen LogP contribution in [0.1, 0.15) is 27.0 Å². The Labute approximate surface area is 209 Å². The fourth-order valence-electron chi connectivity index (χ4n) is 3.77. The molecule has 0 bridgehead atoms. The first-order valence-electron chi connectivity index (χ1n) is 10.9. The molecular formula is C23H23N7O5S. The Hall–Kier alpha value is -4.41. The maximum atomic E-state index is 13.2. The first kappa shape index (κ1) is 24.7. The summed E-state index contributed by atoms with van der Waals surface area (Å²) in [5.41, 5.74) is 0.563. The summed E-state index contributed by atoms with van der Waals surface area (Å²) >= 11 is 0.968. The molecule has 4 rings (SSSR count). The number of nitrogens with one attached hydrogen (secondary N) is 3. The minimum absolute atomic E-state index is 0.0803. The van der Waals surface area contributed by atoms with Crippen molar-refractivity contribution in [1.29, 1.82) is 5.26 Å². The van der Waals surface area contributed by atoms with E-state index in [1.807, 2.05) is 7.05 Å². The van der Waals surface area contributed by atoms with Gasteiger partial charge in [-0.25, -0.2) is 4.79 Å². The van der Waals surface area contributed by atoms with Gasteiger partial charge >= 0.3 is 5.97 Å². The van der Waals surface area contributed by atoms with E-state index in [0.717, 1.165) is 43.2 Å². The van der Waals surface area contributed by atoms with Crippen LogP contribution >= 0.6 is 11.3 Å². The van der Waals surface area contributed by atoms with Gasteiger partial charge in [0.05, 0.1) is 16.6 Å². The van der Waals surface area contributed by atoms with E-state index in [1.54, 1.807) is 24.3 Å². The molecule has 0 atom stereocenters. The van der Waals surface area contributed by atoms with Crippen LogP contribution in [0.25, 0.3) is 10.2 Å². The minimum Gasteiger partial charge on any atom is -0.511 e. The molecule has 1 aliphatic heterocycles. The smallest absolute Gasteiger partial charge is 0.345 e. The number of amides is 2. The lowest BCUT2D eigenvalue weighted by molar-refractivity contribution is -0.112. The topological polar surface area (TPSA) is 175 Å². The standard InChI is InChI=1S/C23H23N7O5S/c1-12(31)16(11-24)21(33)25-17-9-13(30-7-5-29(2)6-8-30)3-4-14(17)20(32)26-19-15-10-18(23(34)35)36-22(15)28-27-19/h3-4,9-10,31H,5-8H2,1-2H3,(H,25,33)(H,34,35)(H2,26,27,28,32)/b16-12+. The van der Waals surface area contributed by atoms with Gasteiger partial charge in [0.2, 0.25) is 0 Å². The van der Waals surface area contributed by atoms with Crippen molar-refractivity contribution in [1.82, 2.24) is 15.1 Å². The highest BCUT2D eigenvalue weighted by molar-refractivity contribution is 7.20. The maximum absolute atomic E-state index is 13.2. The Morgan fingerprint density at radius 1 is 1.14 bits per heavy atom. The second-order valence-corrected chi connectivity index (χ2v) is 9.26. The van der Waals surface area contributed by atoms with Crippen LogP contribution in [0.2, 0.25) is 0 Å². The largest absolute Gasteiger partial charge is 0.511 e. The highest BCUT2D eigenvalue weighted by atomic mass is 32.1. The number of H-pyrrole nitrogens is 1. The number of piperazine rings is 1. The van der Waals surface area contributed by atoms with Gasteiger partial charge in [-0.1, -0.05) is 0 Å². The summed E-state index contributed by atoms with van der Waals surface area (Å²) in [6.45, 7) is 4.44. The lowest BCUT2D eigenvalue weighted by atomic mass is 10.1. The fourth-order valence-corrected chi connectivity index (χ4v) is 4.60. The SMILES string of the molecule is C/C(O)=C(/C#N)C(=O)Nc1cc(N2CCN(C)CC2)ccc1C(=O)Nc1[nH]nc2sc(C(=O)O)cc12. The first-order valence-corrected chi connectivity index (χ1v) is 11.7. The molecule has 3 aromatic rings. The molecule has 1 aliphatic rings. The Bertz CT molecular complexity index is 1420. The number of allylic oxidation sites excluding steroid dienone is 1. The molecule has 2 amide bonds. The molecule has 36 heavy (non-hydrogen) atoms. The molecule has 1 fully saturated rings. The number of carboxylic acids is 1. The van der Waals surface area contributed by atoms with Crippen LogP contribution in [0.4, 0.5) is 17.2 Å². The average Bonchev–Trinajstić information content (AvgIpc) is 3.42. The summed E-state index contributed by atoms with van der Waals surface area (Å²) in [6, 6.07) is 8.05. The summed E-state index contributed by atoms with van der Waals surface area (Å²) in [4.78, 5) is 42.0. The van der Waals surface area contributed by atoms with Crippen molar-refractivity contribution in [3.63, 3.8) is 0 Å². The number of carboxylic acid groups (broad SMARTS) is 1. The number of hydrogen-bond acceptors (Lipinski definition) is 9. The summed E-state index contributed by atoms with van der Waals surface area (Å²) in [5.74, 6) is -2.77. The number of nitrogens with zero attached hydrogens (tertiary/aromatic N) is 4. The molecule has 13 heteroatoms. The van der Waals surface area contributed by atoms with Gasteiger partial charge in [0, 0.05) is 31.9 Å². The number of carbonyl (C=O) groups excluding carboxylic acids is 2. The molecule has 1 saturated heterocycles. The predicted molar refractivity (Wildman–Crippen MR) is 135 cm³/mol. The van der Waals surface area contributed by atoms with E-state index in [9.17, 15) is 29.9 Å². The number of nitriles is 1. The molecular weight excluding hydrogens is 486 g/mol. The second-order valence-electron chi connectivity index (χ2n) is 8.23. The number of aliphatic hydroxyl groups is 1. The number of hydrogen-bond donors (Lipinski definition) is 5. The van der Waals surface area contributed by atoms with Gasteiger partial charge in [-0.3, -0.25) is 14.7 Å². The maximum Gasteiger partial charge on any atom is 0.345 e. The number of aromatic amines is 1. The number of carbonyl (C=O) groups is 3. The van der Waals surface area contributed by atoms with Crippen LogP contribution in [-0.2, 0) is 4.79 Å². The van der Waals surface area contributed by atoms with E-state index in [0.29, 0.717) is 10.2 Å². The normalized spacial score (nSPS) is 14.8. The molecule has 0 unspecified atom stereocenters. The van der Waals surface area contributed by atoms with Gasteiger partial charge in [0.1, 0.15) is 27.4 Å². The van der Waals surface area contributed by atoms with Crippen molar-refractivity contribution >= 4 is 56.5 Å². The van der Waals surface area contributed by atoms with Crippen molar-refractivity contribution in [2.75, 3.05) is 48.8 Å². The van der Waals surface area contributed by atoms with E-state index >= 15 is 0 Å². The highest BCUT2D eigenvalue weighted by Gasteiger charge is 2.22. The molecule has 3 heterocycles. The van der Waals surface area contributed by atoms with E-state index in [4.69, 9.17) is 0 Å². The lowest BCUT2D eigenvalue weighted by Crippen LogP contribution is -2.44.